The molecule has 0 spiro atoms. The Hall–Kier alpha value is -0.880. The van der Waals surface area contributed by atoms with Gasteiger partial charge in [0.1, 0.15) is 0 Å². The average Bonchev–Trinajstić information content (AvgIpc) is 2.90. The van der Waals surface area contributed by atoms with E-state index in [2.05, 4.69) is 0 Å². The van der Waals surface area contributed by atoms with Crippen LogP contribution < -0.4 is 0 Å². The third-order valence-corrected chi connectivity index (χ3v) is 6.50. The summed E-state index contributed by atoms with van der Waals surface area (Å²) in [6.07, 6.45) is 1.03. The first-order chi connectivity index (χ1) is 8.06. The zero-order chi connectivity index (χ0) is 12.0. The molecule has 2 atom stereocenters. The van der Waals surface area contributed by atoms with Crippen LogP contribution in [0.5, 0.6) is 0 Å². The van der Waals surface area contributed by atoms with E-state index in [9.17, 15) is 13.2 Å². The molecule has 1 aromatic heterocycles. The number of carbonyl (C=O) groups excluding carboxylic acids is 1. The molecule has 2 aliphatic rings. The molecule has 3 rings (SSSR count). The fourth-order valence-corrected chi connectivity index (χ4v) is 5.37. The normalized spacial score (nSPS) is 29.8. The summed E-state index contributed by atoms with van der Waals surface area (Å²) in [6, 6.07) is 1.87. The first-order valence-electron chi connectivity index (χ1n) is 5.58. The summed E-state index contributed by atoms with van der Waals surface area (Å²) in [5.41, 5.74) is 1.02. The smallest absolute Gasteiger partial charge is 0.227 e. The molecule has 2 fully saturated rings. The number of likely N-dealkylation sites (tertiary alicyclic amines) is 1. The molecule has 17 heavy (non-hydrogen) atoms. The fourth-order valence-electron chi connectivity index (χ4n) is 2.67. The van der Waals surface area contributed by atoms with Crippen molar-refractivity contribution in [1.29, 1.82) is 0 Å². The van der Waals surface area contributed by atoms with Gasteiger partial charge in [-0.15, -0.1) is 0 Å². The van der Waals surface area contributed by atoms with Gasteiger partial charge in [-0.25, -0.2) is 8.42 Å². The van der Waals surface area contributed by atoms with Gasteiger partial charge in [0.2, 0.25) is 5.91 Å². The van der Waals surface area contributed by atoms with E-state index in [0.717, 1.165) is 5.56 Å². The van der Waals surface area contributed by atoms with Crippen molar-refractivity contribution in [2.75, 3.05) is 12.3 Å². The van der Waals surface area contributed by atoms with Crippen LogP contribution in [0.15, 0.2) is 16.8 Å². The summed E-state index contributed by atoms with van der Waals surface area (Å²) in [4.78, 5) is 13.8. The predicted octanol–water partition coefficient (Wildman–Crippen LogP) is 0.689. The van der Waals surface area contributed by atoms with Crippen LogP contribution in [0.4, 0.5) is 0 Å². The Morgan fingerprint density at radius 1 is 1.53 bits per heavy atom. The zero-order valence-corrected chi connectivity index (χ0v) is 10.8. The molecule has 2 aliphatic heterocycles. The molecule has 92 valence electrons. The number of rotatable bonds is 2. The molecule has 0 radical (unpaired) electrons. The third-order valence-electron chi connectivity index (χ3n) is 3.56. The molecule has 0 aromatic carbocycles. The maximum absolute atomic E-state index is 12.0. The molecule has 0 unspecified atom stereocenters. The van der Waals surface area contributed by atoms with Crippen LogP contribution in [0, 0.1) is 0 Å². The van der Waals surface area contributed by atoms with Gasteiger partial charge in [0.25, 0.3) is 0 Å². The van der Waals surface area contributed by atoms with Gasteiger partial charge in [0.15, 0.2) is 9.84 Å². The van der Waals surface area contributed by atoms with Crippen molar-refractivity contribution in [2.24, 2.45) is 0 Å². The Bertz CT molecular complexity index is 535. The molecular formula is C11H13NO3S2. The standard InChI is InChI=1S/C11H13NO3S2/c13-11(3-8-1-2-16-6-8)12-5-10-4-9(12)7-17(10,14)15/h1-2,6,9-10H,3-5,7H2/t9-,10+/m0/s1. The Labute approximate surface area is 104 Å². The monoisotopic (exact) mass is 271 g/mol. The number of sulfone groups is 1. The van der Waals surface area contributed by atoms with Crippen LogP contribution in [0.3, 0.4) is 0 Å². The van der Waals surface area contributed by atoms with Crippen LogP contribution in [0.2, 0.25) is 0 Å². The molecule has 3 heterocycles. The molecule has 0 N–H and O–H groups in total. The van der Waals surface area contributed by atoms with E-state index in [4.69, 9.17) is 0 Å². The molecule has 0 saturated carbocycles. The largest absolute Gasteiger partial charge is 0.337 e. The van der Waals surface area contributed by atoms with Gasteiger partial charge < -0.3 is 4.90 Å². The number of thiophene rings is 1. The Kier molecular flexibility index (Phi) is 2.52. The lowest BCUT2D eigenvalue weighted by Gasteiger charge is -2.26. The summed E-state index contributed by atoms with van der Waals surface area (Å²) in [5.74, 6) is 0.221. The highest BCUT2D eigenvalue weighted by Gasteiger charge is 2.49. The maximum Gasteiger partial charge on any atom is 0.227 e. The van der Waals surface area contributed by atoms with Gasteiger partial charge in [-0.05, 0) is 28.8 Å². The second kappa shape index (κ2) is 3.81. The second-order valence-electron chi connectivity index (χ2n) is 4.70. The van der Waals surface area contributed by atoms with Gasteiger partial charge in [0, 0.05) is 12.6 Å². The van der Waals surface area contributed by atoms with Gasteiger partial charge in [0.05, 0.1) is 17.4 Å². The van der Waals surface area contributed by atoms with Gasteiger partial charge in [-0.3, -0.25) is 4.79 Å². The van der Waals surface area contributed by atoms with Crippen LogP contribution in [-0.4, -0.2) is 42.8 Å². The van der Waals surface area contributed by atoms with Crippen molar-refractivity contribution in [3.05, 3.63) is 22.4 Å². The molecule has 2 saturated heterocycles. The van der Waals surface area contributed by atoms with Crippen molar-refractivity contribution < 1.29 is 13.2 Å². The summed E-state index contributed by atoms with van der Waals surface area (Å²) in [6.45, 7) is 0.399. The maximum atomic E-state index is 12.0. The highest BCUT2D eigenvalue weighted by atomic mass is 32.2. The minimum Gasteiger partial charge on any atom is -0.337 e. The van der Waals surface area contributed by atoms with Gasteiger partial charge in [-0.1, -0.05) is 0 Å². The molecule has 2 bridgehead atoms. The third kappa shape index (κ3) is 1.89. The Morgan fingerprint density at radius 3 is 2.88 bits per heavy atom. The number of amides is 1. The van der Waals surface area contributed by atoms with Crippen molar-refractivity contribution in [2.45, 2.75) is 24.1 Å². The van der Waals surface area contributed by atoms with Crippen molar-refractivity contribution in [3.63, 3.8) is 0 Å². The van der Waals surface area contributed by atoms with Crippen LogP contribution >= 0.6 is 11.3 Å². The Morgan fingerprint density at radius 2 is 2.35 bits per heavy atom. The number of hydrogen-bond acceptors (Lipinski definition) is 4. The van der Waals surface area contributed by atoms with Crippen molar-refractivity contribution in [3.8, 4) is 0 Å². The van der Waals surface area contributed by atoms with E-state index in [1.807, 2.05) is 16.8 Å². The van der Waals surface area contributed by atoms with Crippen LogP contribution in [0.25, 0.3) is 0 Å². The fraction of sp³-hybridized carbons (Fsp3) is 0.545. The van der Waals surface area contributed by atoms with E-state index >= 15 is 0 Å². The molecule has 1 aromatic rings. The minimum absolute atomic E-state index is 0.0609. The molecular weight excluding hydrogens is 258 g/mol. The van der Waals surface area contributed by atoms with E-state index in [0.29, 0.717) is 19.4 Å². The zero-order valence-electron chi connectivity index (χ0n) is 9.20. The van der Waals surface area contributed by atoms with Gasteiger partial charge in [-0.2, -0.15) is 11.3 Å². The highest BCUT2D eigenvalue weighted by Crippen LogP contribution is 2.33. The summed E-state index contributed by atoms with van der Waals surface area (Å²) < 4.78 is 23.1. The quantitative estimate of drug-likeness (QED) is 0.795. The molecule has 1 amide bonds. The lowest BCUT2D eigenvalue weighted by atomic mass is 10.2. The highest BCUT2D eigenvalue weighted by molar-refractivity contribution is 7.92. The second-order valence-corrected chi connectivity index (χ2v) is 7.80. The topological polar surface area (TPSA) is 54.5 Å². The number of carbonyl (C=O) groups is 1. The number of nitrogens with zero attached hydrogens (tertiary/aromatic N) is 1. The average molecular weight is 271 g/mol. The first kappa shape index (κ1) is 11.2. The van der Waals surface area contributed by atoms with E-state index in [1.54, 1.807) is 16.2 Å². The predicted molar refractivity (Wildman–Crippen MR) is 65.7 cm³/mol. The van der Waals surface area contributed by atoms with E-state index in [-0.39, 0.29) is 23.0 Å². The van der Waals surface area contributed by atoms with Crippen LogP contribution in [-0.2, 0) is 21.1 Å². The number of fused-ring (bicyclic) bond motifs is 2. The SMILES string of the molecule is O=C(Cc1ccsc1)N1C[C@H]2C[C@H]1CS2(=O)=O. The lowest BCUT2D eigenvalue weighted by molar-refractivity contribution is -0.131. The molecule has 4 nitrogen and oxygen atoms in total. The molecule has 0 aliphatic carbocycles. The first-order valence-corrected chi connectivity index (χ1v) is 8.24. The Balaban J connectivity index is 1.70. The van der Waals surface area contributed by atoms with Gasteiger partial charge >= 0.3 is 0 Å². The van der Waals surface area contributed by atoms with Crippen molar-refractivity contribution in [1.82, 2.24) is 4.90 Å². The van der Waals surface area contributed by atoms with E-state index in [1.165, 1.54) is 0 Å². The van der Waals surface area contributed by atoms with Crippen molar-refractivity contribution >= 4 is 27.1 Å². The lowest BCUT2D eigenvalue weighted by Crippen LogP contribution is -2.44. The van der Waals surface area contributed by atoms with E-state index < -0.39 is 9.84 Å². The number of hydrogen-bond donors (Lipinski definition) is 0. The molecule has 6 heteroatoms. The minimum atomic E-state index is -2.91. The van der Waals surface area contributed by atoms with Crippen LogP contribution in [0.1, 0.15) is 12.0 Å². The summed E-state index contributed by atoms with van der Waals surface area (Å²) >= 11 is 1.57. The summed E-state index contributed by atoms with van der Waals surface area (Å²) in [7, 11) is -2.91. The summed E-state index contributed by atoms with van der Waals surface area (Å²) in [5, 5.41) is 3.60.